The fourth-order valence-electron chi connectivity index (χ4n) is 4.52. The molecule has 1 amide bonds. The highest BCUT2D eigenvalue weighted by molar-refractivity contribution is 6.02. The molecule has 5 rings (SSSR count). The van der Waals surface area contributed by atoms with Gasteiger partial charge in [0.25, 0.3) is 0 Å². The molecule has 170 valence electrons. The zero-order valence-corrected chi connectivity index (χ0v) is 19.3. The molecule has 0 spiro atoms. The summed E-state index contributed by atoms with van der Waals surface area (Å²) in [6.07, 6.45) is 1.63. The number of fused-ring (bicyclic) bond motifs is 1. The number of hydrogen-bond acceptors (Lipinski definition) is 4. The number of ether oxygens (including phenoxy) is 2. The molecule has 5 nitrogen and oxygen atoms in total. The Hall–Kier alpha value is -3.31. The predicted octanol–water partition coefficient (Wildman–Crippen LogP) is 5.54. The zero-order valence-electron chi connectivity index (χ0n) is 19.3. The van der Waals surface area contributed by atoms with Gasteiger partial charge in [0.2, 0.25) is 12.7 Å². The van der Waals surface area contributed by atoms with Crippen molar-refractivity contribution >= 4 is 11.6 Å². The van der Waals surface area contributed by atoms with Crippen molar-refractivity contribution in [2.45, 2.75) is 51.0 Å². The van der Waals surface area contributed by atoms with Crippen LogP contribution in [0, 0.1) is 0 Å². The van der Waals surface area contributed by atoms with Gasteiger partial charge in [0, 0.05) is 5.69 Å². The van der Waals surface area contributed by atoms with Crippen molar-refractivity contribution in [2.24, 2.45) is 0 Å². The third kappa shape index (κ3) is 3.98. The molecule has 2 aliphatic rings. The molecule has 1 aliphatic heterocycles. The Morgan fingerprint density at radius 1 is 0.970 bits per heavy atom. The number of rotatable bonds is 5. The van der Waals surface area contributed by atoms with Crippen LogP contribution in [0.15, 0.2) is 60.7 Å². The molecule has 1 heterocycles. The number of aliphatic hydroxyl groups excluding tert-OH is 1. The van der Waals surface area contributed by atoms with Gasteiger partial charge in [-0.2, -0.15) is 0 Å². The summed E-state index contributed by atoms with van der Waals surface area (Å²) in [6, 6.07) is 19.9. The third-order valence-corrected chi connectivity index (χ3v) is 6.64. The SMILES string of the molecule is CC(C)(C)c1ccc(NC(=O)C2(c3ccc4c(c3)OCO4)CC2)cc1-c1ccc(CO)cc1. The van der Waals surface area contributed by atoms with Crippen LogP contribution in [-0.4, -0.2) is 17.8 Å². The molecule has 2 N–H and O–H groups in total. The van der Waals surface area contributed by atoms with Gasteiger partial charge in [0.05, 0.1) is 12.0 Å². The smallest absolute Gasteiger partial charge is 0.235 e. The molecule has 1 saturated carbocycles. The summed E-state index contributed by atoms with van der Waals surface area (Å²) in [7, 11) is 0. The van der Waals surface area contributed by atoms with Crippen LogP contribution in [0.2, 0.25) is 0 Å². The number of anilines is 1. The molecule has 1 fully saturated rings. The first-order valence-electron chi connectivity index (χ1n) is 11.4. The summed E-state index contributed by atoms with van der Waals surface area (Å²) in [5.41, 5.74) is 5.39. The van der Waals surface area contributed by atoms with Crippen LogP contribution in [-0.2, 0) is 22.2 Å². The van der Waals surface area contributed by atoms with E-state index in [0.717, 1.165) is 46.5 Å². The van der Waals surface area contributed by atoms with Crippen LogP contribution in [0.4, 0.5) is 5.69 Å². The highest BCUT2D eigenvalue weighted by Gasteiger charge is 2.51. The van der Waals surface area contributed by atoms with Crippen molar-refractivity contribution in [3.63, 3.8) is 0 Å². The van der Waals surface area contributed by atoms with Crippen LogP contribution in [0.5, 0.6) is 11.5 Å². The summed E-state index contributed by atoms with van der Waals surface area (Å²) in [4.78, 5) is 13.4. The third-order valence-electron chi connectivity index (χ3n) is 6.64. The zero-order chi connectivity index (χ0) is 23.2. The maximum Gasteiger partial charge on any atom is 0.235 e. The number of carbonyl (C=O) groups excluding carboxylic acids is 1. The summed E-state index contributed by atoms with van der Waals surface area (Å²) in [6.45, 7) is 6.80. The lowest BCUT2D eigenvalue weighted by Crippen LogP contribution is -2.28. The molecule has 3 aromatic rings. The van der Waals surface area contributed by atoms with Gasteiger partial charge in [-0.15, -0.1) is 0 Å². The van der Waals surface area contributed by atoms with E-state index in [1.54, 1.807) is 0 Å². The second-order valence-electron chi connectivity index (χ2n) is 9.97. The van der Waals surface area contributed by atoms with Gasteiger partial charge in [-0.25, -0.2) is 0 Å². The minimum Gasteiger partial charge on any atom is -0.454 e. The van der Waals surface area contributed by atoms with Crippen LogP contribution in [0.1, 0.15) is 50.3 Å². The van der Waals surface area contributed by atoms with E-state index < -0.39 is 5.41 Å². The Balaban J connectivity index is 1.45. The molecule has 0 unspecified atom stereocenters. The fourth-order valence-corrected chi connectivity index (χ4v) is 4.52. The van der Waals surface area contributed by atoms with E-state index in [9.17, 15) is 9.90 Å². The van der Waals surface area contributed by atoms with Gasteiger partial charge in [-0.05, 0) is 70.3 Å². The number of aliphatic hydroxyl groups is 1. The summed E-state index contributed by atoms with van der Waals surface area (Å²) in [5, 5.41) is 12.6. The molecule has 5 heteroatoms. The molecule has 3 aromatic carbocycles. The molecule has 0 radical (unpaired) electrons. The maximum absolute atomic E-state index is 13.4. The average Bonchev–Trinajstić information content (AvgIpc) is 3.49. The lowest BCUT2D eigenvalue weighted by atomic mass is 9.81. The predicted molar refractivity (Wildman–Crippen MR) is 129 cm³/mol. The van der Waals surface area contributed by atoms with Crippen LogP contribution < -0.4 is 14.8 Å². The van der Waals surface area contributed by atoms with E-state index in [4.69, 9.17) is 9.47 Å². The first-order chi connectivity index (χ1) is 15.8. The van der Waals surface area contributed by atoms with E-state index in [1.807, 2.05) is 48.5 Å². The molecule has 0 aromatic heterocycles. The number of amides is 1. The summed E-state index contributed by atoms with van der Waals surface area (Å²) in [5.74, 6) is 1.44. The quantitative estimate of drug-likeness (QED) is 0.543. The van der Waals surface area contributed by atoms with Crippen molar-refractivity contribution in [1.29, 1.82) is 0 Å². The van der Waals surface area contributed by atoms with E-state index in [0.29, 0.717) is 5.75 Å². The highest BCUT2D eigenvalue weighted by atomic mass is 16.7. The lowest BCUT2D eigenvalue weighted by molar-refractivity contribution is -0.118. The molecule has 1 aliphatic carbocycles. The van der Waals surface area contributed by atoms with Crippen molar-refractivity contribution in [2.75, 3.05) is 12.1 Å². The number of carbonyl (C=O) groups is 1. The van der Waals surface area contributed by atoms with Crippen LogP contribution in [0.25, 0.3) is 11.1 Å². The van der Waals surface area contributed by atoms with E-state index >= 15 is 0 Å². The van der Waals surface area contributed by atoms with Crippen LogP contribution in [0.3, 0.4) is 0 Å². The van der Waals surface area contributed by atoms with Crippen molar-refractivity contribution < 1.29 is 19.4 Å². The number of hydrogen-bond donors (Lipinski definition) is 2. The summed E-state index contributed by atoms with van der Waals surface area (Å²) < 4.78 is 10.9. The van der Waals surface area contributed by atoms with E-state index in [1.165, 1.54) is 5.56 Å². The standard InChI is InChI=1S/C28H29NO4/c1-27(2,3)23-10-9-21(15-22(23)19-6-4-18(16-30)5-7-19)29-26(31)28(12-13-28)20-8-11-24-25(14-20)33-17-32-24/h4-11,14-15,30H,12-13,16-17H2,1-3H3,(H,29,31). The van der Waals surface area contributed by atoms with Gasteiger partial charge in [0.1, 0.15) is 0 Å². The number of nitrogens with one attached hydrogen (secondary N) is 1. The Morgan fingerprint density at radius 2 is 1.70 bits per heavy atom. The lowest BCUT2D eigenvalue weighted by Gasteiger charge is -2.24. The van der Waals surface area contributed by atoms with Gasteiger partial charge in [-0.3, -0.25) is 4.79 Å². The normalized spacial score (nSPS) is 15.9. The first-order valence-corrected chi connectivity index (χ1v) is 11.4. The van der Waals surface area contributed by atoms with E-state index in [-0.39, 0.29) is 24.7 Å². The topological polar surface area (TPSA) is 67.8 Å². The van der Waals surface area contributed by atoms with Crippen LogP contribution >= 0.6 is 0 Å². The van der Waals surface area contributed by atoms with Crippen molar-refractivity contribution in [3.05, 3.63) is 77.4 Å². The molecular formula is C28H29NO4. The Kier molecular flexibility index (Phi) is 5.17. The van der Waals surface area contributed by atoms with Gasteiger partial charge in [-0.1, -0.05) is 57.2 Å². The Bertz CT molecular complexity index is 1200. The highest BCUT2D eigenvalue weighted by Crippen LogP contribution is 2.51. The first kappa shape index (κ1) is 21.5. The second-order valence-corrected chi connectivity index (χ2v) is 9.97. The Morgan fingerprint density at radius 3 is 2.36 bits per heavy atom. The summed E-state index contributed by atoms with van der Waals surface area (Å²) >= 11 is 0. The van der Waals surface area contributed by atoms with Gasteiger partial charge < -0.3 is 19.9 Å². The largest absolute Gasteiger partial charge is 0.454 e. The minimum atomic E-state index is -0.521. The molecule has 0 atom stereocenters. The molecular weight excluding hydrogens is 414 g/mol. The Labute approximate surface area is 194 Å². The minimum absolute atomic E-state index is 0.00597. The van der Waals surface area contributed by atoms with Gasteiger partial charge >= 0.3 is 0 Å². The molecule has 0 bridgehead atoms. The van der Waals surface area contributed by atoms with Gasteiger partial charge in [0.15, 0.2) is 11.5 Å². The second kappa shape index (κ2) is 7.92. The van der Waals surface area contributed by atoms with Crippen molar-refractivity contribution in [3.8, 4) is 22.6 Å². The fraction of sp³-hybridized carbons (Fsp3) is 0.321. The van der Waals surface area contributed by atoms with Crippen molar-refractivity contribution in [1.82, 2.24) is 0 Å². The maximum atomic E-state index is 13.4. The van der Waals surface area contributed by atoms with E-state index in [2.05, 4.69) is 38.2 Å². The molecule has 0 saturated heterocycles. The number of benzene rings is 3. The monoisotopic (exact) mass is 443 g/mol. The molecule has 33 heavy (non-hydrogen) atoms. The average molecular weight is 444 g/mol.